The van der Waals surface area contributed by atoms with Gasteiger partial charge in [0.05, 0.1) is 12.1 Å². The lowest BCUT2D eigenvalue weighted by molar-refractivity contribution is 0.0948. The molecule has 0 saturated carbocycles. The minimum atomic E-state index is -0.159. The van der Waals surface area contributed by atoms with Gasteiger partial charge in [0.15, 0.2) is 0 Å². The van der Waals surface area contributed by atoms with Crippen LogP contribution in [-0.4, -0.2) is 21.1 Å². The molecule has 0 spiro atoms. The number of pyridine rings is 1. The minimum absolute atomic E-state index is 0.159. The Labute approximate surface area is 124 Å². The Kier molecular flexibility index (Phi) is 3.74. The highest BCUT2D eigenvalue weighted by molar-refractivity contribution is 7.08. The van der Waals surface area contributed by atoms with E-state index in [4.69, 9.17) is 4.42 Å². The van der Waals surface area contributed by atoms with E-state index in [9.17, 15) is 4.79 Å². The molecule has 0 atom stereocenters. The first-order valence-electron chi connectivity index (χ1n) is 6.28. The Morgan fingerprint density at radius 1 is 1.33 bits per heavy atom. The van der Waals surface area contributed by atoms with E-state index in [1.807, 2.05) is 24.4 Å². The second-order valence-corrected chi connectivity index (χ2v) is 5.16. The number of rotatable bonds is 4. The number of hydrogen-bond donors (Lipinski definition) is 1. The van der Waals surface area contributed by atoms with Crippen molar-refractivity contribution in [2.24, 2.45) is 0 Å². The monoisotopic (exact) mass is 300 g/mol. The molecule has 0 aromatic carbocycles. The highest BCUT2D eigenvalue weighted by Crippen LogP contribution is 2.16. The maximum absolute atomic E-state index is 11.8. The molecule has 0 fully saturated rings. The van der Waals surface area contributed by atoms with Gasteiger partial charge in [-0.3, -0.25) is 9.78 Å². The van der Waals surface area contributed by atoms with Crippen LogP contribution in [0.25, 0.3) is 11.5 Å². The van der Waals surface area contributed by atoms with E-state index in [1.165, 1.54) is 11.3 Å². The molecule has 0 unspecified atom stereocenters. The Morgan fingerprint density at radius 2 is 2.24 bits per heavy atom. The van der Waals surface area contributed by atoms with Crippen molar-refractivity contribution in [3.63, 3.8) is 0 Å². The Balaban J connectivity index is 1.65. The molecule has 21 heavy (non-hydrogen) atoms. The van der Waals surface area contributed by atoms with Crippen molar-refractivity contribution in [3.05, 3.63) is 52.3 Å². The van der Waals surface area contributed by atoms with Crippen molar-refractivity contribution in [2.45, 2.75) is 13.5 Å². The summed E-state index contributed by atoms with van der Waals surface area (Å²) in [4.78, 5) is 16.0. The number of nitrogens with zero attached hydrogens (tertiary/aromatic N) is 3. The molecule has 0 aliphatic rings. The third-order valence-electron chi connectivity index (χ3n) is 2.81. The topological polar surface area (TPSA) is 80.9 Å². The van der Waals surface area contributed by atoms with Crippen LogP contribution < -0.4 is 5.32 Å². The predicted molar refractivity (Wildman–Crippen MR) is 77.8 cm³/mol. The second kappa shape index (κ2) is 5.84. The van der Waals surface area contributed by atoms with E-state index in [0.29, 0.717) is 17.3 Å². The minimum Gasteiger partial charge on any atom is -0.419 e. The summed E-state index contributed by atoms with van der Waals surface area (Å²) in [5, 5.41) is 14.2. The van der Waals surface area contributed by atoms with Crippen LogP contribution in [0.2, 0.25) is 0 Å². The van der Waals surface area contributed by atoms with Gasteiger partial charge in [-0.05, 0) is 30.5 Å². The number of aromatic nitrogens is 3. The van der Waals surface area contributed by atoms with E-state index >= 15 is 0 Å². The molecule has 3 aromatic rings. The average Bonchev–Trinajstić information content (AvgIpc) is 3.17. The fraction of sp³-hybridized carbons (Fsp3) is 0.143. The van der Waals surface area contributed by atoms with Crippen LogP contribution >= 0.6 is 11.3 Å². The molecule has 0 aliphatic carbocycles. The quantitative estimate of drug-likeness (QED) is 0.800. The van der Waals surface area contributed by atoms with Gasteiger partial charge < -0.3 is 9.73 Å². The number of thiophene rings is 1. The summed E-state index contributed by atoms with van der Waals surface area (Å²) in [5.74, 6) is 0.587. The van der Waals surface area contributed by atoms with E-state index in [0.717, 1.165) is 11.3 Å². The lowest BCUT2D eigenvalue weighted by Crippen LogP contribution is -2.22. The maximum Gasteiger partial charge on any atom is 0.252 e. The van der Waals surface area contributed by atoms with Crippen LogP contribution in [0.15, 0.2) is 39.6 Å². The van der Waals surface area contributed by atoms with Gasteiger partial charge in [-0.25, -0.2) is 0 Å². The molecule has 6 nitrogen and oxygen atoms in total. The first-order chi connectivity index (χ1) is 10.2. The van der Waals surface area contributed by atoms with Gasteiger partial charge in [-0.1, -0.05) is 0 Å². The van der Waals surface area contributed by atoms with Crippen LogP contribution in [0.3, 0.4) is 0 Å². The highest BCUT2D eigenvalue weighted by Gasteiger charge is 2.11. The first-order valence-corrected chi connectivity index (χ1v) is 7.22. The van der Waals surface area contributed by atoms with Crippen LogP contribution in [-0.2, 0) is 6.54 Å². The Hall–Kier alpha value is -2.54. The van der Waals surface area contributed by atoms with Crippen LogP contribution in [0.1, 0.15) is 21.9 Å². The summed E-state index contributed by atoms with van der Waals surface area (Å²) in [6, 6.07) is 5.50. The molecular formula is C14H12N4O2S. The molecule has 3 rings (SSSR count). The van der Waals surface area contributed by atoms with Crippen molar-refractivity contribution in [1.82, 2.24) is 20.5 Å². The smallest absolute Gasteiger partial charge is 0.252 e. The third-order valence-corrected chi connectivity index (χ3v) is 3.49. The molecule has 1 amide bonds. The van der Waals surface area contributed by atoms with Gasteiger partial charge in [0, 0.05) is 22.8 Å². The van der Waals surface area contributed by atoms with E-state index in [2.05, 4.69) is 20.5 Å². The molecule has 0 saturated heterocycles. The lowest BCUT2D eigenvalue weighted by atomic mass is 10.2. The zero-order valence-corrected chi connectivity index (χ0v) is 12.1. The second-order valence-electron chi connectivity index (χ2n) is 4.38. The summed E-state index contributed by atoms with van der Waals surface area (Å²) in [5.41, 5.74) is 2.30. The van der Waals surface area contributed by atoms with Gasteiger partial charge in [0.25, 0.3) is 5.91 Å². The van der Waals surface area contributed by atoms with Crippen molar-refractivity contribution in [1.29, 1.82) is 0 Å². The largest absolute Gasteiger partial charge is 0.419 e. The van der Waals surface area contributed by atoms with Gasteiger partial charge in [-0.2, -0.15) is 11.3 Å². The molecule has 0 bridgehead atoms. The van der Waals surface area contributed by atoms with Crippen LogP contribution in [0.4, 0.5) is 0 Å². The molecule has 106 valence electrons. The number of amides is 1. The first kappa shape index (κ1) is 13.4. The zero-order chi connectivity index (χ0) is 14.7. The zero-order valence-electron chi connectivity index (χ0n) is 11.2. The number of carbonyl (C=O) groups is 1. The molecule has 3 heterocycles. The molecule has 3 aromatic heterocycles. The molecule has 7 heteroatoms. The summed E-state index contributed by atoms with van der Waals surface area (Å²) in [6.45, 7) is 2.10. The normalized spacial score (nSPS) is 10.5. The van der Waals surface area contributed by atoms with Crippen molar-refractivity contribution in [2.75, 3.05) is 0 Å². The van der Waals surface area contributed by atoms with Gasteiger partial charge in [0.1, 0.15) is 0 Å². The third kappa shape index (κ3) is 3.14. The van der Waals surface area contributed by atoms with Gasteiger partial charge in [-0.15, -0.1) is 10.2 Å². The Bertz CT molecular complexity index is 735. The van der Waals surface area contributed by atoms with E-state index in [1.54, 1.807) is 17.6 Å². The van der Waals surface area contributed by atoms with Gasteiger partial charge >= 0.3 is 0 Å². The Morgan fingerprint density at radius 3 is 2.95 bits per heavy atom. The fourth-order valence-electron chi connectivity index (χ4n) is 1.69. The fourth-order valence-corrected chi connectivity index (χ4v) is 2.32. The van der Waals surface area contributed by atoms with E-state index < -0.39 is 0 Å². The molecule has 0 aliphatic heterocycles. The summed E-state index contributed by atoms with van der Waals surface area (Å²) >= 11 is 1.47. The van der Waals surface area contributed by atoms with Gasteiger partial charge in [0.2, 0.25) is 11.8 Å². The maximum atomic E-state index is 11.8. The highest BCUT2D eigenvalue weighted by atomic mass is 32.1. The number of hydrogen-bond acceptors (Lipinski definition) is 6. The van der Waals surface area contributed by atoms with Crippen molar-refractivity contribution in [3.8, 4) is 11.5 Å². The van der Waals surface area contributed by atoms with Crippen molar-refractivity contribution < 1.29 is 9.21 Å². The number of nitrogens with one attached hydrogen (secondary N) is 1. The number of aryl methyl sites for hydroxylation is 1. The molecule has 0 radical (unpaired) electrons. The SMILES string of the molecule is Cc1ccc(-c2nnc(CNC(=O)c3ccsc3)o2)cn1. The number of carbonyl (C=O) groups excluding carboxylic acids is 1. The lowest BCUT2D eigenvalue weighted by Gasteiger charge is -1.99. The standard InChI is InChI=1S/C14H12N4O2S/c1-9-2-3-10(6-15-9)14-18-17-12(20-14)7-16-13(19)11-4-5-21-8-11/h2-6,8H,7H2,1H3,(H,16,19). The van der Waals surface area contributed by atoms with Crippen molar-refractivity contribution >= 4 is 17.2 Å². The summed E-state index contributed by atoms with van der Waals surface area (Å²) < 4.78 is 5.50. The average molecular weight is 300 g/mol. The summed E-state index contributed by atoms with van der Waals surface area (Å²) in [7, 11) is 0. The van der Waals surface area contributed by atoms with Crippen LogP contribution in [0.5, 0.6) is 0 Å². The summed E-state index contributed by atoms with van der Waals surface area (Å²) in [6.07, 6.45) is 1.68. The van der Waals surface area contributed by atoms with E-state index in [-0.39, 0.29) is 12.5 Å². The predicted octanol–water partition coefficient (Wildman–Crippen LogP) is 2.43. The molecular weight excluding hydrogens is 288 g/mol. The van der Waals surface area contributed by atoms with Crippen LogP contribution in [0, 0.1) is 6.92 Å². The molecule has 1 N–H and O–H groups in total.